The van der Waals surface area contributed by atoms with E-state index < -0.39 is 5.97 Å². The monoisotopic (exact) mass is 260 g/mol. The third-order valence-corrected chi connectivity index (χ3v) is 2.83. The molecule has 0 amide bonds. The highest BCUT2D eigenvalue weighted by molar-refractivity contribution is 5.88. The van der Waals surface area contributed by atoms with Crippen molar-refractivity contribution in [2.75, 3.05) is 6.61 Å². The van der Waals surface area contributed by atoms with Gasteiger partial charge in [0.1, 0.15) is 17.0 Å². The molecule has 0 unspecified atom stereocenters. The summed E-state index contributed by atoms with van der Waals surface area (Å²) in [6, 6.07) is 7.46. The Bertz CT molecular complexity index is 590. The van der Waals surface area contributed by atoms with E-state index in [1.807, 2.05) is 38.1 Å². The van der Waals surface area contributed by atoms with Gasteiger partial charge in [0.05, 0.1) is 18.5 Å². The minimum absolute atomic E-state index is 0.230. The number of carbonyl (C=O) groups is 1. The highest BCUT2D eigenvalue weighted by Gasteiger charge is 2.17. The number of nitrogens with zero attached hydrogens (tertiary/aromatic N) is 2. The van der Waals surface area contributed by atoms with Gasteiger partial charge in [0.2, 0.25) is 0 Å². The highest BCUT2D eigenvalue weighted by Crippen LogP contribution is 2.25. The minimum atomic E-state index is -0.961. The molecule has 0 aliphatic carbocycles. The summed E-state index contributed by atoms with van der Waals surface area (Å²) >= 11 is 0. The van der Waals surface area contributed by atoms with Crippen molar-refractivity contribution in [1.29, 1.82) is 0 Å². The van der Waals surface area contributed by atoms with E-state index in [1.165, 1.54) is 6.20 Å². The zero-order chi connectivity index (χ0) is 13.8. The molecular formula is C14H16N2O3. The summed E-state index contributed by atoms with van der Waals surface area (Å²) in [5.41, 5.74) is 1.65. The van der Waals surface area contributed by atoms with Gasteiger partial charge in [-0.2, -0.15) is 5.10 Å². The number of hydrogen-bond donors (Lipinski definition) is 1. The van der Waals surface area contributed by atoms with Crippen LogP contribution in [0.15, 0.2) is 30.5 Å². The van der Waals surface area contributed by atoms with Gasteiger partial charge in [-0.05, 0) is 25.5 Å². The Morgan fingerprint density at radius 3 is 2.74 bits per heavy atom. The lowest BCUT2D eigenvalue weighted by atomic mass is 10.2. The second-order valence-corrected chi connectivity index (χ2v) is 3.98. The first-order chi connectivity index (χ1) is 9.19. The maximum Gasteiger partial charge on any atom is 0.339 e. The average Bonchev–Trinajstić information content (AvgIpc) is 2.83. The fourth-order valence-electron chi connectivity index (χ4n) is 2.01. The van der Waals surface area contributed by atoms with E-state index >= 15 is 0 Å². The number of aromatic nitrogens is 2. The van der Waals surface area contributed by atoms with Crippen molar-refractivity contribution in [3.05, 3.63) is 41.7 Å². The molecule has 0 aliphatic rings. The van der Waals surface area contributed by atoms with Crippen molar-refractivity contribution >= 4 is 5.97 Å². The maximum absolute atomic E-state index is 11.2. The number of rotatable bonds is 5. The lowest BCUT2D eigenvalue weighted by Gasteiger charge is -2.12. The van der Waals surface area contributed by atoms with Gasteiger partial charge in [-0.15, -0.1) is 0 Å². The second kappa shape index (κ2) is 5.56. The Labute approximate surface area is 111 Å². The van der Waals surface area contributed by atoms with Crippen LogP contribution < -0.4 is 4.74 Å². The molecule has 1 N–H and O–H groups in total. The van der Waals surface area contributed by atoms with Crippen molar-refractivity contribution in [3.8, 4) is 11.4 Å². The molecule has 0 spiro atoms. The third kappa shape index (κ3) is 2.45. The smallest absolute Gasteiger partial charge is 0.339 e. The second-order valence-electron chi connectivity index (χ2n) is 3.98. The molecule has 0 fully saturated rings. The number of carboxylic acids is 1. The molecule has 0 saturated carbocycles. The van der Waals surface area contributed by atoms with E-state index in [0.717, 1.165) is 5.69 Å². The van der Waals surface area contributed by atoms with Crippen LogP contribution in [0.2, 0.25) is 0 Å². The first-order valence-electron chi connectivity index (χ1n) is 6.21. The van der Waals surface area contributed by atoms with E-state index in [9.17, 15) is 4.79 Å². The van der Waals surface area contributed by atoms with Crippen molar-refractivity contribution < 1.29 is 14.6 Å². The topological polar surface area (TPSA) is 64.4 Å². The molecule has 0 saturated heterocycles. The quantitative estimate of drug-likeness (QED) is 0.897. The molecule has 5 heteroatoms. The van der Waals surface area contributed by atoms with Gasteiger partial charge in [-0.3, -0.25) is 0 Å². The van der Waals surface area contributed by atoms with Crippen LogP contribution in [0.25, 0.3) is 5.69 Å². The van der Waals surface area contributed by atoms with Crippen LogP contribution >= 0.6 is 0 Å². The lowest BCUT2D eigenvalue weighted by molar-refractivity contribution is 0.0695. The number of carboxylic acid groups (broad SMARTS) is 1. The molecule has 1 aromatic heterocycles. The fourth-order valence-corrected chi connectivity index (χ4v) is 2.01. The first kappa shape index (κ1) is 13.1. The van der Waals surface area contributed by atoms with E-state index in [0.29, 0.717) is 24.5 Å². The van der Waals surface area contributed by atoms with Crippen LogP contribution in [-0.2, 0) is 6.42 Å². The molecule has 0 bridgehead atoms. The van der Waals surface area contributed by atoms with Crippen molar-refractivity contribution in [3.63, 3.8) is 0 Å². The molecule has 0 aliphatic heterocycles. The summed E-state index contributed by atoms with van der Waals surface area (Å²) in [5.74, 6) is -0.267. The molecule has 2 aromatic rings. The first-order valence-corrected chi connectivity index (χ1v) is 6.21. The normalized spacial score (nSPS) is 10.4. The van der Waals surface area contributed by atoms with Gasteiger partial charge in [-0.25, -0.2) is 9.48 Å². The van der Waals surface area contributed by atoms with E-state index in [4.69, 9.17) is 9.84 Å². The summed E-state index contributed by atoms with van der Waals surface area (Å²) in [4.78, 5) is 11.2. The number of para-hydroxylation sites is 2. The van der Waals surface area contributed by atoms with Gasteiger partial charge < -0.3 is 9.84 Å². The SMILES string of the molecule is CCOc1ccccc1-n1ncc(C(=O)O)c1CC. The number of ether oxygens (including phenoxy) is 1. The van der Waals surface area contributed by atoms with Crippen LogP contribution in [0.3, 0.4) is 0 Å². The molecule has 5 nitrogen and oxygen atoms in total. The molecule has 0 radical (unpaired) electrons. The van der Waals surface area contributed by atoms with Gasteiger partial charge in [0.25, 0.3) is 0 Å². The highest BCUT2D eigenvalue weighted by atomic mass is 16.5. The summed E-state index contributed by atoms with van der Waals surface area (Å²) in [7, 11) is 0. The Balaban J connectivity index is 2.56. The lowest BCUT2D eigenvalue weighted by Crippen LogP contribution is -2.07. The van der Waals surface area contributed by atoms with E-state index in [2.05, 4.69) is 5.10 Å². The minimum Gasteiger partial charge on any atom is -0.492 e. The fraction of sp³-hybridized carbons (Fsp3) is 0.286. The van der Waals surface area contributed by atoms with E-state index in [1.54, 1.807) is 4.68 Å². The molecule has 2 rings (SSSR count). The summed E-state index contributed by atoms with van der Waals surface area (Å²) in [6.45, 7) is 4.36. The van der Waals surface area contributed by atoms with E-state index in [-0.39, 0.29) is 5.56 Å². The number of hydrogen-bond acceptors (Lipinski definition) is 3. The van der Waals surface area contributed by atoms with Crippen molar-refractivity contribution in [2.45, 2.75) is 20.3 Å². The van der Waals surface area contributed by atoms with Gasteiger partial charge in [0.15, 0.2) is 0 Å². The molecule has 100 valence electrons. The molecule has 1 aromatic carbocycles. The number of benzene rings is 1. The summed E-state index contributed by atoms with van der Waals surface area (Å²) in [6.07, 6.45) is 1.96. The standard InChI is InChI=1S/C14H16N2O3/c1-3-11-10(14(17)18)9-15-16(11)12-7-5-6-8-13(12)19-4-2/h5-9H,3-4H2,1-2H3,(H,17,18). The zero-order valence-electron chi connectivity index (χ0n) is 11.0. The van der Waals surface area contributed by atoms with Crippen molar-refractivity contribution in [1.82, 2.24) is 9.78 Å². The maximum atomic E-state index is 11.2. The largest absolute Gasteiger partial charge is 0.492 e. The zero-order valence-corrected chi connectivity index (χ0v) is 11.0. The van der Waals surface area contributed by atoms with Gasteiger partial charge >= 0.3 is 5.97 Å². The van der Waals surface area contributed by atoms with Crippen LogP contribution in [0.4, 0.5) is 0 Å². The van der Waals surface area contributed by atoms with Crippen molar-refractivity contribution in [2.24, 2.45) is 0 Å². The Kier molecular flexibility index (Phi) is 3.85. The predicted octanol–water partition coefficient (Wildman–Crippen LogP) is 2.53. The number of aromatic carboxylic acids is 1. The van der Waals surface area contributed by atoms with Gasteiger partial charge in [-0.1, -0.05) is 19.1 Å². The molecular weight excluding hydrogens is 244 g/mol. The Morgan fingerprint density at radius 1 is 1.37 bits per heavy atom. The average molecular weight is 260 g/mol. The Morgan fingerprint density at radius 2 is 2.11 bits per heavy atom. The Hall–Kier alpha value is -2.30. The third-order valence-electron chi connectivity index (χ3n) is 2.83. The molecule has 19 heavy (non-hydrogen) atoms. The summed E-state index contributed by atoms with van der Waals surface area (Å²) in [5, 5.41) is 13.3. The van der Waals surface area contributed by atoms with Gasteiger partial charge in [0, 0.05) is 0 Å². The van der Waals surface area contributed by atoms with Crippen LogP contribution in [0, 0.1) is 0 Å². The van der Waals surface area contributed by atoms with Crippen LogP contribution in [0.1, 0.15) is 29.9 Å². The predicted molar refractivity (Wildman–Crippen MR) is 71.1 cm³/mol. The van der Waals surface area contributed by atoms with Crippen LogP contribution in [-0.4, -0.2) is 27.5 Å². The summed E-state index contributed by atoms with van der Waals surface area (Å²) < 4.78 is 7.19. The molecule has 1 heterocycles. The molecule has 0 atom stereocenters. The van der Waals surface area contributed by atoms with Crippen LogP contribution in [0.5, 0.6) is 5.75 Å².